The van der Waals surface area contributed by atoms with Crippen molar-refractivity contribution in [3.05, 3.63) is 99.7 Å². The molecule has 0 saturated heterocycles. The maximum absolute atomic E-state index is 13.1. The summed E-state index contributed by atoms with van der Waals surface area (Å²) >= 11 is 1.47. The van der Waals surface area contributed by atoms with Crippen LogP contribution < -0.4 is 0 Å². The minimum atomic E-state index is -0.570. The fraction of sp³-hybridized carbons (Fsp3) is 0.174. The van der Waals surface area contributed by atoms with Gasteiger partial charge in [0, 0.05) is 30.2 Å². The molecule has 3 aromatic rings. The number of hydrogen-bond donors (Lipinski definition) is 1. The van der Waals surface area contributed by atoms with E-state index in [9.17, 15) is 14.7 Å². The van der Waals surface area contributed by atoms with Gasteiger partial charge in [-0.15, -0.1) is 11.3 Å². The summed E-state index contributed by atoms with van der Waals surface area (Å²) in [7, 11) is 0. The third kappa shape index (κ3) is 3.98. The number of thiophene rings is 1. The van der Waals surface area contributed by atoms with Crippen molar-refractivity contribution < 1.29 is 14.7 Å². The topological polar surface area (TPSA) is 70.5 Å². The Bertz CT molecular complexity index is 1030. The number of aliphatic hydroxyl groups is 1. The Hall–Kier alpha value is -3.25. The number of ketones is 1. The van der Waals surface area contributed by atoms with Gasteiger partial charge in [0.25, 0.3) is 5.91 Å². The predicted octanol–water partition coefficient (Wildman–Crippen LogP) is 4.24. The largest absolute Gasteiger partial charge is 0.503 e. The molecule has 4 rings (SSSR count). The Morgan fingerprint density at radius 3 is 2.48 bits per heavy atom. The van der Waals surface area contributed by atoms with Crippen molar-refractivity contribution in [1.29, 1.82) is 0 Å². The summed E-state index contributed by atoms with van der Waals surface area (Å²) in [6.45, 7) is 0.295. The zero-order valence-corrected chi connectivity index (χ0v) is 16.5. The van der Waals surface area contributed by atoms with Gasteiger partial charge >= 0.3 is 0 Å². The van der Waals surface area contributed by atoms with Crippen LogP contribution in [0.25, 0.3) is 0 Å². The Kier molecular flexibility index (Phi) is 5.53. The van der Waals surface area contributed by atoms with Crippen LogP contribution in [0.1, 0.15) is 28.5 Å². The minimum absolute atomic E-state index is 0.197. The highest BCUT2D eigenvalue weighted by atomic mass is 32.1. The molecule has 1 aromatic carbocycles. The lowest BCUT2D eigenvalue weighted by Crippen LogP contribution is -2.30. The molecule has 0 saturated carbocycles. The summed E-state index contributed by atoms with van der Waals surface area (Å²) in [6, 6.07) is 16.6. The molecular weight excluding hydrogens is 384 g/mol. The van der Waals surface area contributed by atoms with Crippen molar-refractivity contribution in [2.45, 2.75) is 25.4 Å². The van der Waals surface area contributed by atoms with E-state index < -0.39 is 17.7 Å². The maximum atomic E-state index is 13.1. The first-order valence-corrected chi connectivity index (χ1v) is 10.3. The number of nitrogens with zero attached hydrogens (tertiary/aromatic N) is 2. The number of aryl methyl sites for hydroxylation is 1. The van der Waals surface area contributed by atoms with Gasteiger partial charge < -0.3 is 10.0 Å². The molecule has 2 aromatic heterocycles. The van der Waals surface area contributed by atoms with Crippen LogP contribution in [0.3, 0.4) is 0 Å². The monoisotopic (exact) mass is 404 g/mol. The molecule has 29 heavy (non-hydrogen) atoms. The second-order valence-corrected chi connectivity index (χ2v) is 7.86. The highest BCUT2D eigenvalue weighted by Gasteiger charge is 2.43. The first-order chi connectivity index (χ1) is 14.1. The number of amides is 1. The van der Waals surface area contributed by atoms with Gasteiger partial charge in [-0.2, -0.15) is 0 Å². The summed E-state index contributed by atoms with van der Waals surface area (Å²) in [5, 5.41) is 12.5. The average Bonchev–Trinajstić information content (AvgIpc) is 3.36. The van der Waals surface area contributed by atoms with E-state index in [1.54, 1.807) is 17.3 Å². The molecule has 5 nitrogen and oxygen atoms in total. The first kappa shape index (κ1) is 19.1. The van der Waals surface area contributed by atoms with Crippen LogP contribution in [-0.4, -0.2) is 26.7 Å². The molecule has 1 amide bonds. The van der Waals surface area contributed by atoms with E-state index in [0.29, 0.717) is 13.0 Å². The number of benzene rings is 1. The normalized spacial score (nSPS) is 16.5. The van der Waals surface area contributed by atoms with Crippen LogP contribution in [0.2, 0.25) is 0 Å². The Morgan fingerprint density at radius 1 is 1.03 bits per heavy atom. The van der Waals surface area contributed by atoms with Crippen LogP contribution in [0.4, 0.5) is 0 Å². The van der Waals surface area contributed by atoms with Gasteiger partial charge in [0.15, 0.2) is 11.5 Å². The van der Waals surface area contributed by atoms with Crippen molar-refractivity contribution in [2.75, 3.05) is 0 Å². The standard InChI is InChI=1S/C23H20N2O3S/c26-18(9-8-16-5-2-1-3-6-16)20-21(19-7-4-14-29-19)25(23(28)22(20)27)15-17-10-12-24-13-11-17/h1-7,10-14,21,27H,8-9,15H2. The molecule has 0 bridgehead atoms. The number of pyridine rings is 1. The van der Waals surface area contributed by atoms with Gasteiger partial charge in [0.2, 0.25) is 0 Å². The van der Waals surface area contributed by atoms with E-state index in [-0.39, 0.29) is 17.8 Å². The van der Waals surface area contributed by atoms with E-state index in [0.717, 1.165) is 16.0 Å². The molecule has 0 aliphatic carbocycles. The molecule has 1 unspecified atom stereocenters. The fourth-order valence-corrected chi connectivity index (χ4v) is 4.41. The molecule has 0 fully saturated rings. The summed E-state index contributed by atoms with van der Waals surface area (Å²) in [4.78, 5) is 32.4. The lowest BCUT2D eigenvalue weighted by Gasteiger charge is -2.25. The zero-order chi connectivity index (χ0) is 20.2. The zero-order valence-electron chi connectivity index (χ0n) is 15.7. The molecule has 6 heteroatoms. The number of hydrogen-bond acceptors (Lipinski definition) is 5. The quantitative estimate of drug-likeness (QED) is 0.639. The van der Waals surface area contributed by atoms with Gasteiger partial charge in [-0.1, -0.05) is 36.4 Å². The average molecular weight is 404 g/mol. The number of Topliss-reactive ketones (excluding diaryl/α,β-unsaturated/α-hetero) is 1. The third-order valence-corrected chi connectivity index (χ3v) is 5.93. The van der Waals surface area contributed by atoms with E-state index in [2.05, 4.69) is 4.98 Å². The van der Waals surface area contributed by atoms with Gasteiger partial charge in [-0.25, -0.2) is 0 Å². The van der Waals surface area contributed by atoms with Crippen LogP contribution in [-0.2, 0) is 22.6 Å². The van der Waals surface area contributed by atoms with Crippen LogP contribution >= 0.6 is 11.3 Å². The highest BCUT2D eigenvalue weighted by Crippen LogP contribution is 2.41. The summed E-state index contributed by atoms with van der Waals surface area (Å²) < 4.78 is 0. The summed E-state index contributed by atoms with van der Waals surface area (Å²) in [5.41, 5.74) is 2.13. The Morgan fingerprint density at radius 2 is 1.79 bits per heavy atom. The Labute approximate surface area is 173 Å². The fourth-order valence-electron chi connectivity index (χ4n) is 3.57. The lowest BCUT2D eigenvalue weighted by molar-refractivity contribution is -0.130. The van der Waals surface area contributed by atoms with Crippen molar-refractivity contribution in [2.24, 2.45) is 0 Å². The van der Waals surface area contributed by atoms with E-state index in [1.807, 2.05) is 60.0 Å². The van der Waals surface area contributed by atoms with Crippen molar-refractivity contribution in [1.82, 2.24) is 9.88 Å². The number of rotatable bonds is 7. The third-order valence-electron chi connectivity index (χ3n) is 5.00. The highest BCUT2D eigenvalue weighted by molar-refractivity contribution is 7.10. The number of carbonyl (C=O) groups is 2. The van der Waals surface area contributed by atoms with Gasteiger partial charge in [0.05, 0.1) is 11.6 Å². The molecule has 3 heterocycles. The molecule has 0 radical (unpaired) electrons. The SMILES string of the molecule is O=C(CCc1ccccc1)C1=C(O)C(=O)N(Cc2ccncc2)C1c1cccs1. The Balaban J connectivity index is 1.62. The molecule has 0 spiro atoms. The molecule has 1 aliphatic rings. The van der Waals surface area contributed by atoms with Crippen LogP contribution in [0.5, 0.6) is 0 Å². The maximum Gasteiger partial charge on any atom is 0.290 e. The van der Waals surface area contributed by atoms with Gasteiger partial charge in [-0.3, -0.25) is 14.6 Å². The van der Waals surface area contributed by atoms with Gasteiger partial charge in [-0.05, 0) is 41.1 Å². The molecule has 146 valence electrons. The number of aromatic nitrogens is 1. The van der Waals surface area contributed by atoms with Crippen molar-refractivity contribution in [3.63, 3.8) is 0 Å². The lowest BCUT2D eigenvalue weighted by atomic mass is 9.97. The minimum Gasteiger partial charge on any atom is -0.503 e. The molecule has 1 atom stereocenters. The van der Waals surface area contributed by atoms with Gasteiger partial charge in [0.1, 0.15) is 0 Å². The number of carbonyl (C=O) groups excluding carboxylic acids is 2. The van der Waals surface area contributed by atoms with E-state index >= 15 is 0 Å². The molecular formula is C23H20N2O3S. The summed E-state index contributed by atoms with van der Waals surface area (Å²) in [6.07, 6.45) is 4.12. The molecule has 1 aliphatic heterocycles. The predicted molar refractivity (Wildman–Crippen MR) is 111 cm³/mol. The number of aliphatic hydroxyl groups excluding tert-OH is 1. The van der Waals surface area contributed by atoms with E-state index in [1.165, 1.54) is 11.3 Å². The molecule has 1 N–H and O–H groups in total. The first-order valence-electron chi connectivity index (χ1n) is 9.38. The van der Waals surface area contributed by atoms with Crippen LogP contribution in [0, 0.1) is 0 Å². The smallest absolute Gasteiger partial charge is 0.290 e. The second-order valence-electron chi connectivity index (χ2n) is 6.88. The van der Waals surface area contributed by atoms with Crippen LogP contribution in [0.15, 0.2) is 83.7 Å². The van der Waals surface area contributed by atoms with E-state index in [4.69, 9.17) is 0 Å². The second kappa shape index (κ2) is 8.41. The summed E-state index contributed by atoms with van der Waals surface area (Å²) in [5.74, 6) is -1.14. The van der Waals surface area contributed by atoms with Crippen molar-refractivity contribution in [3.8, 4) is 0 Å². The van der Waals surface area contributed by atoms with Crippen molar-refractivity contribution >= 4 is 23.0 Å².